The summed E-state index contributed by atoms with van der Waals surface area (Å²) in [5.74, 6) is -0.386. The van der Waals surface area contributed by atoms with E-state index < -0.39 is 17.8 Å². The predicted octanol–water partition coefficient (Wildman–Crippen LogP) is 4.19. The second-order valence-electron chi connectivity index (χ2n) is 6.86. The van der Waals surface area contributed by atoms with E-state index in [2.05, 4.69) is 0 Å². The molecule has 0 aliphatic carbocycles. The van der Waals surface area contributed by atoms with Gasteiger partial charge in [-0.15, -0.1) is 0 Å². The van der Waals surface area contributed by atoms with Gasteiger partial charge in [0, 0.05) is 6.07 Å². The monoisotopic (exact) mass is 383 g/mol. The van der Waals surface area contributed by atoms with Crippen molar-refractivity contribution in [3.8, 4) is 16.9 Å². The molecule has 0 aliphatic rings. The summed E-state index contributed by atoms with van der Waals surface area (Å²) in [6.45, 7) is 5.46. The summed E-state index contributed by atoms with van der Waals surface area (Å²) in [5.41, 5.74) is 6.65. The van der Waals surface area contributed by atoms with Crippen LogP contribution in [0.1, 0.15) is 26.0 Å². The first-order chi connectivity index (χ1) is 13.3. The van der Waals surface area contributed by atoms with E-state index in [1.807, 2.05) is 13.8 Å². The molecule has 0 spiro atoms. The van der Waals surface area contributed by atoms with Crippen LogP contribution in [0.25, 0.3) is 22.1 Å². The van der Waals surface area contributed by atoms with E-state index in [-0.39, 0.29) is 22.7 Å². The Kier molecular flexibility index (Phi) is 5.61. The average Bonchev–Trinajstić information content (AvgIpc) is 2.66. The highest BCUT2D eigenvalue weighted by atomic mass is 19.1. The second kappa shape index (κ2) is 7.94. The van der Waals surface area contributed by atoms with Crippen LogP contribution in [-0.4, -0.2) is 12.0 Å². The number of hydrogen-bond donors (Lipinski definition) is 1. The van der Waals surface area contributed by atoms with Gasteiger partial charge in [0.15, 0.2) is 0 Å². The molecule has 1 heterocycles. The molecule has 146 valence electrons. The number of hydrogen-bond acceptors (Lipinski definition) is 5. The third-order valence-corrected chi connectivity index (χ3v) is 4.90. The molecule has 0 fully saturated rings. The molecule has 0 amide bonds. The van der Waals surface area contributed by atoms with E-state index in [0.717, 1.165) is 6.42 Å². The van der Waals surface area contributed by atoms with Crippen molar-refractivity contribution in [1.82, 2.24) is 0 Å². The molecule has 5 nitrogen and oxygen atoms in total. The number of carbonyl (C=O) groups is 1. The van der Waals surface area contributed by atoms with Gasteiger partial charge in [0.1, 0.15) is 29.0 Å². The third kappa shape index (κ3) is 3.82. The SMILES string of the molecule is CCC(C)C(N)C(=O)Oc1ccc2c(=O)c(-c3cccc(F)c3)c(C)oc2c1. The van der Waals surface area contributed by atoms with Gasteiger partial charge in [-0.1, -0.05) is 32.4 Å². The predicted molar refractivity (Wildman–Crippen MR) is 106 cm³/mol. The first-order valence-corrected chi connectivity index (χ1v) is 9.12. The first-order valence-electron chi connectivity index (χ1n) is 9.12. The van der Waals surface area contributed by atoms with Crippen molar-refractivity contribution in [3.63, 3.8) is 0 Å². The molecule has 2 aromatic carbocycles. The standard InChI is InChI=1S/C22H22FNO4/c1-4-12(2)20(24)22(26)28-16-8-9-17-18(11-16)27-13(3)19(21(17)25)14-6-5-7-15(23)10-14/h5-12,20H,4,24H2,1-3H3. The maximum absolute atomic E-state index is 13.6. The van der Waals surface area contributed by atoms with Crippen molar-refractivity contribution in [3.05, 3.63) is 64.3 Å². The van der Waals surface area contributed by atoms with Crippen molar-refractivity contribution in [2.45, 2.75) is 33.2 Å². The van der Waals surface area contributed by atoms with Gasteiger partial charge in [-0.25, -0.2) is 9.18 Å². The van der Waals surface area contributed by atoms with Gasteiger partial charge in [0.2, 0.25) is 5.43 Å². The molecule has 2 unspecified atom stereocenters. The highest BCUT2D eigenvalue weighted by Gasteiger charge is 2.22. The average molecular weight is 383 g/mol. The van der Waals surface area contributed by atoms with Gasteiger partial charge >= 0.3 is 5.97 Å². The van der Waals surface area contributed by atoms with Crippen LogP contribution < -0.4 is 15.9 Å². The zero-order valence-corrected chi connectivity index (χ0v) is 16.0. The Morgan fingerprint density at radius 2 is 2.00 bits per heavy atom. The minimum atomic E-state index is -0.732. The topological polar surface area (TPSA) is 82.5 Å². The molecule has 3 rings (SSSR count). The molecule has 0 saturated heterocycles. The number of ether oxygens (including phenoxy) is 1. The summed E-state index contributed by atoms with van der Waals surface area (Å²) in [4.78, 5) is 25.1. The van der Waals surface area contributed by atoms with Gasteiger partial charge < -0.3 is 14.9 Å². The largest absolute Gasteiger partial charge is 0.460 e. The lowest BCUT2D eigenvalue weighted by atomic mass is 10.0. The van der Waals surface area contributed by atoms with Crippen molar-refractivity contribution < 1.29 is 18.3 Å². The van der Waals surface area contributed by atoms with Crippen molar-refractivity contribution in [1.29, 1.82) is 0 Å². The van der Waals surface area contributed by atoms with Gasteiger partial charge in [-0.3, -0.25) is 4.79 Å². The smallest absolute Gasteiger partial charge is 0.328 e. The number of nitrogens with two attached hydrogens (primary N) is 1. The second-order valence-corrected chi connectivity index (χ2v) is 6.86. The van der Waals surface area contributed by atoms with E-state index in [1.54, 1.807) is 13.0 Å². The zero-order valence-electron chi connectivity index (χ0n) is 16.0. The number of aryl methyl sites for hydroxylation is 1. The minimum absolute atomic E-state index is 0.0121. The van der Waals surface area contributed by atoms with Crippen LogP contribution in [-0.2, 0) is 4.79 Å². The van der Waals surface area contributed by atoms with Gasteiger partial charge in [-0.05, 0) is 42.7 Å². The minimum Gasteiger partial charge on any atom is -0.460 e. The number of fused-ring (bicyclic) bond motifs is 1. The van der Waals surface area contributed by atoms with Crippen LogP contribution in [0.15, 0.2) is 51.7 Å². The summed E-state index contributed by atoms with van der Waals surface area (Å²) in [6, 6.07) is 9.60. The summed E-state index contributed by atoms with van der Waals surface area (Å²) in [7, 11) is 0. The van der Waals surface area contributed by atoms with Crippen LogP contribution in [0.3, 0.4) is 0 Å². The molecule has 0 saturated carbocycles. The molecular weight excluding hydrogens is 361 g/mol. The fourth-order valence-electron chi connectivity index (χ4n) is 3.00. The Labute approximate surface area is 161 Å². The van der Waals surface area contributed by atoms with Crippen LogP contribution in [0, 0.1) is 18.7 Å². The number of rotatable bonds is 5. The first kappa shape index (κ1) is 19.8. The normalized spacial score (nSPS) is 13.3. The molecule has 0 radical (unpaired) electrons. The Balaban J connectivity index is 1.99. The van der Waals surface area contributed by atoms with Crippen LogP contribution >= 0.6 is 0 Å². The zero-order chi connectivity index (χ0) is 20.4. The van der Waals surface area contributed by atoms with Gasteiger partial charge in [-0.2, -0.15) is 0 Å². The van der Waals surface area contributed by atoms with E-state index in [9.17, 15) is 14.0 Å². The molecule has 6 heteroatoms. The molecule has 3 aromatic rings. The van der Waals surface area contributed by atoms with Crippen molar-refractivity contribution in [2.24, 2.45) is 11.7 Å². The maximum atomic E-state index is 13.6. The van der Waals surface area contributed by atoms with Gasteiger partial charge in [0.25, 0.3) is 0 Å². The number of esters is 1. The van der Waals surface area contributed by atoms with Crippen LogP contribution in [0.5, 0.6) is 5.75 Å². The van der Waals surface area contributed by atoms with Crippen molar-refractivity contribution >= 4 is 16.9 Å². The lowest BCUT2D eigenvalue weighted by Gasteiger charge is -2.16. The van der Waals surface area contributed by atoms with E-state index in [1.165, 1.54) is 36.4 Å². The number of carbonyl (C=O) groups excluding carboxylic acids is 1. The lowest BCUT2D eigenvalue weighted by Crippen LogP contribution is -2.39. The fraction of sp³-hybridized carbons (Fsp3) is 0.273. The Morgan fingerprint density at radius 3 is 2.68 bits per heavy atom. The highest BCUT2D eigenvalue weighted by molar-refractivity contribution is 5.85. The molecule has 28 heavy (non-hydrogen) atoms. The van der Waals surface area contributed by atoms with E-state index >= 15 is 0 Å². The number of halogens is 1. The van der Waals surface area contributed by atoms with Gasteiger partial charge in [0.05, 0.1) is 10.9 Å². The fourth-order valence-corrected chi connectivity index (χ4v) is 3.00. The van der Waals surface area contributed by atoms with Crippen LogP contribution in [0.2, 0.25) is 0 Å². The van der Waals surface area contributed by atoms with Crippen LogP contribution in [0.4, 0.5) is 4.39 Å². The summed E-state index contributed by atoms with van der Waals surface area (Å²) in [5, 5.41) is 0.316. The quantitative estimate of drug-likeness (QED) is 0.528. The molecule has 2 atom stereocenters. The summed E-state index contributed by atoms with van der Waals surface area (Å²) >= 11 is 0. The van der Waals surface area contributed by atoms with Crippen molar-refractivity contribution in [2.75, 3.05) is 0 Å². The molecular formula is C22H22FNO4. The Bertz CT molecular complexity index is 1090. The lowest BCUT2D eigenvalue weighted by molar-refractivity contribution is -0.137. The molecule has 1 aromatic heterocycles. The Morgan fingerprint density at radius 1 is 1.25 bits per heavy atom. The molecule has 0 aliphatic heterocycles. The summed E-state index contributed by atoms with van der Waals surface area (Å²) in [6.07, 6.45) is 0.755. The third-order valence-electron chi connectivity index (χ3n) is 4.90. The molecule has 0 bridgehead atoms. The number of benzene rings is 2. The Hall–Kier alpha value is -2.99. The molecule has 2 N–H and O–H groups in total. The maximum Gasteiger partial charge on any atom is 0.328 e. The van der Waals surface area contributed by atoms with E-state index in [0.29, 0.717) is 22.3 Å². The summed E-state index contributed by atoms with van der Waals surface area (Å²) < 4.78 is 24.7. The van der Waals surface area contributed by atoms with E-state index in [4.69, 9.17) is 14.9 Å². The highest BCUT2D eigenvalue weighted by Crippen LogP contribution is 2.27.